The average Bonchev–Trinajstić information content (AvgIpc) is 3.05. The third-order valence-electron chi connectivity index (χ3n) is 5.08. The Hall–Kier alpha value is -0.120. The van der Waals surface area contributed by atoms with Crippen molar-refractivity contribution >= 4 is 0 Å². The van der Waals surface area contributed by atoms with Crippen LogP contribution < -0.4 is 5.32 Å². The van der Waals surface area contributed by atoms with Crippen molar-refractivity contribution in [3.63, 3.8) is 0 Å². The first-order chi connectivity index (χ1) is 9.20. The Bertz CT molecular complexity index is 294. The Labute approximate surface area is 118 Å². The minimum absolute atomic E-state index is 0.462. The zero-order valence-corrected chi connectivity index (χ0v) is 12.6. The topological polar surface area (TPSA) is 24.5 Å². The van der Waals surface area contributed by atoms with E-state index < -0.39 is 0 Å². The highest BCUT2D eigenvalue weighted by Gasteiger charge is 2.39. The first-order valence-electron chi connectivity index (χ1n) is 8.31. The quantitative estimate of drug-likeness (QED) is 0.798. The fourth-order valence-corrected chi connectivity index (χ4v) is 4.11. The van der Waals surface area contributed by atoms with Gasteiger partial charge in [-0.2, -0.15) is 0 Å². The molecule has 3 nitrogen and oxygen atoms in total. The van der Waals surface area contributed by atoms with Gasteiger partial charge in [-0.1, -0.05) is 13.8 Å². The Kier molecular flexibility index (Phi) is 4.45. The van der Waals surface area contributed by atoms with Gasteiger partial charge in [0.1, 0.15) is 0 Å². The Morgan fingerprint density at radius 2 is 2.00 bits per heavy atom. The maximum atomic E-state index is 6.21. The normalized spacial score (nSPS) is 38.7. The van der Waals surface area contributed by atoms with Crippen LogP contribution in [0.2, 0.25) is 0 Å². The summed E-state index contributed by atoms with van der Waals surface area (Å²) in [5.41, 5.74) is 0. The molecular weight excluding hydrogens is 236 g/mol. The van der Waals surface area contributed by atoms with Gasteiger partial charge in [-0.25, -0.2) is 0 Å². The first kappa shape index (κ1) is 13.8. The van der Waals surface area contributed by atoms with E-state index in [0.717, 1.165) is 31.0 Å². The lowest BCUT2D eigenvalue weighted by atomic mass is 10.1. The highest BCUT2D eigenvalue weighted by atomic mass is 16.5. The summed E-state index contributed by atoms with van der Waals surface area (Å²) in [5, 5.41) is 3.53. The van der Waals surface area contributed by atoms with E-state index in [4.69, 9.17) is 4.74 Å². The molecule has 0 aromatic heterocycles. The lowest BCUT2D eigenvalue weighted by Crippen LogP contribution is -2.38. The fourth-order valence-electron chi connectivity index (χ4n) is 4.11. The third-order valence-corrected chi connectivity index (χ3v) is 5.08. The van der Waals surface area contributed by atoms with Gasteiger partial charge in [-0.3, -0.25) is 4.90 Å². The number of nitrogens with zero attached hydrogens (tertiary/aromatic N) is 1. The molecule has 3 fully saturated rings. The summed E-state index contributed by atoms with van der Waals surface area (Å²) in [5.74, 6) is 1.74. The lowest BCUT2D eigenvalue weighted by molar-refractivity contribution is 0.0172. The number of nitrogens with one attached hydrogen (secondary N) is 1. The first-order valence-corrected chi connectivity index (χ1v) is 8.31. The molecule has 4 atom stereocenters. The monoisotopic (exact) mass is 266 g/mol. The van der Waals surface area contributed by atoms with Crippen molar-refractivity contribution in [3.8, 4) is 0 Å². The van der Waals surface area contributed by atoms with Crippen LogP contribution in [0.1, 0.15) is 46.0 Å². The van der Waals surface area contributed by atoms with Gasteiger partial charge in [-0.05, 0) is 50.5 Å². The van der Waals surface area contributed by atoms with Crippen LogP contribution in [0.3, 0.4) is 0 Å². The van der Waals surface area contributed by atoms with Gasteiger partial charge < -0.3 is 10.1 Å². The second kappa shape index (κ2) is 6.11. The lowest BCUT2D eigenvalue weighted by Gasteiger charge is -2.29. The molecule has 1 saturated carbocycles. The summed E-state index contributed by atoms with van der Waals surface area (Å²) in [6, 6.07) is 0.895. The number of hydrogen-bond donors (Lipinski definition) is 1. The summed E-state index contributed by atoms with van der Waals surface area (Å²) in [7, 11) is 0. The molecule has 1 N–H and O–H groups in total. The van der Waals surface area contributed by atoms with Crippen LogP contribution in [-0.2, 0) is 4.74 Å². The standard InChI is InChI=1S/C16H30N2O/c1-12(2)8-17-9-15-5-6-16(19-15)11-18-10-13-3-4-14(18)7-13/h12-17H,3-11H2,1-2H3. The van der Waals surface area contributed by atoms with E-state index in [-0.39, 0.29) is 0 Å². The summed E-state index contributed by atoms with van der Waals surface area (Å²) in [6.07, 6.45) is 7.87. The predicted octanol–water partition coefficient (Wildman–Crippen LogP) is 2.26. The van der Waals surface area contributed by atoms with E-state index in [2.05, 4.69) is 24.1 Å². The molecule has 2 aliphatic heterocycles. The van der Waals surface area contributed by atoms with Gasteiger partial charge in [0.2, 0.25) is 0 Å². The molecule has 0 aromatic rings. The second-order valence-electron chi connectivity index (χ2n) is 7.30. The van der Waals surface area contributed by atoms with Gasteiger partial charge >= 0.3 is 0 Å². The zero-order chi connectivity index (χ0) is 13.2. The van der Waals surface area contributed by atoms with Crippen LogP contribution >= 0.6 is 0 Å². The van der Waals surface area contributed by atoms with Crippen LogP contribution in [0, 0.1) is 11.8 Å². The average molecular weight is 266 g/mol. The number of fused-ring (bicyclic) bond motifs is 2. The van der Waals surface area contributed by atoms with Crippen LogP contribution in [0.25, 0.3) is 0 Å². The van der Waals surface area contributed by atoms with E-state index in [1.807, 2.05) is 0 Å². The molecule has 4 unspecified atom stereocenters. The van der Waals surface area contributed by atoms with Gasteiger partial charge in [0, 0.05) is 25.7 Å². The van der Waals surface area contributed by atoms with Crippen molar-refractivity contribution in [2.45, 2.75) is 64.2 Å². The molecule has 1 aliphatic carbocycles. The van der Waals surface area contributed by atoms with Gasteiger partial charge in [0.15, 0.2) is 0 Å². The van der Waals surface area contributed by atoms with Crippen LogP contribution in [-0.4, -0.2) is 49.3 Å². The maximum absolute atomic E-state index is 6.21. The van der Waals surface area contributed by atoms with E-state index in [0.29, 0.717) is 12.2 Å². The fraction of sp³-hybridized carbons (Fsp3) is 1.00. The Morgan fingerprint density at radius 1 is 1.16 bits per heavy atom. The molecule has 2 heterocycles. The summed E-state index contributed by atoms with van der Waals surface area (Å²) in [6.45, 7) is 9.21. The molecular formula is C16H30N2O. The molecule has 0 spiro atoms. The van der Waals surface area contributed by atoms with E-state index in [1.165, 1.54) is 45.2 Å². The van der Waals surface area contributed by atoms with Crippen molar-refractivity contribution in [2.75, 3.05) is 26.2 Å². The van der Waals surface area contributed by atoms with Crippen LogP contribution in [0.4, 0.5) is 0 Å². The molecule has 3 rings (SSSR count). The molecule has 110 valence electrons. The number of hydrogen-bond acceptors (Lipinski definition) is 3. The largest absolute Gasteiger partial charge is 0.372 e. The van der Waals surface area contributed by atoms with Crippen LogP contribution in [0.15, 0.2) is 0 Å². The molecule has 3 heteroatoms. The minimum atomic E-state index is 0.462. The van der Waals surface area contributed by atoms with E-state index >= 15 is 0 Å². The number of piperidine rings is 1. The number of ether oxygens (including phenoxy) is 1. The zero-order valence-electron chi connectivity index (χ0n) is 12.6. The molecule has 2 saturated heterocycles. The molecule has 0 amide bonds. The summed E-state index contributed by atoms with van der Waals surface area (Å²) < 4.78 is 6.21. The smallest absolute Gasteiger partial charge is 0.0707 e. The van der Waals surface area contributed by atoms with Gasteiger partial charge in [-0.15, -0.1) is 0 Å². The number of rotatable bonds is 6. The van der Waals surface area contributed by atoms with Crippen molar-refractivity contribution < 1.29 is 4.74 Å². The summed E-state index contributed by atoms with van der Waals surface area (Å²) >= 11 is 0. The molecule has 0 aromatic carbocycles. The van der Waals surface area contributed by atoms with Crippen molar-refractivity contribution in [3.05, 3.63) is 0 Å². The molecule has 3 aliphatic rings. The highest BCUT2D eigenvalue weighted by molar-refractivity contribution is 4.93. The predicted molar refractivity (Wildman–Crippen MR) is 78.3 cm³/mol. The molecule has 0 radical (unpaired) electrons. The second-order valence-corrected chi connectivity index (χ2v) is 7.30. The Balaban J connectivity index is 1.35. The Morgan fingerprint density at radius 3 is 2.68 bits per heavy atom. The summed E-state index contributed by atoms with van der Waals surface area (Å²) in [4.78, 5) is 2.71. The van der Waals surface area contributed by atoms with Crippen LogP contribution in [0.5, 0.6) is 0 Å². The highest BCUT2D eigenvalue weighted by Crippen LogP contribution is 2.38. The van der Waals surface area contributed by atoms with E-state index in [1.54, 1.807) is 0 Å². The van der Waals surface area contributed by atoms with E-state index in [9.17, 15) is 0 Å². The maximum Gasteiger partial charge on any atom is 0.0707 e. The SMILES string of the molecule is CC(C)CNCC1CCC(CN2CC3CCC2C3)O1. The van der Waals surface area contributed by atoms with Crippen molar-refractivity contribution in [2.24, 2.45) is 11.8 Å². The molecule has 2 bridgehead atoms. The van der Waals surface area contributed by atoms with Crippen molar-refractivity contribution in [1.29, 1.82) is 0 Å². The minimum Gasteiger partial charge on any atom is -0.372 e. The third kappa shape index (κ3) is 3.50. The number of likely N-dealkylation sites (tertiary alicyclic amines) is 1. The van der Waals surface area contributed by atoms with Gasteiger partial charge in [0.05, 0.1) is 12.2 Å². The van der Waals surface area contributed by atoms with Crippen molar-refractivity contribution in [1.82, 2.24) is 10.2 Å². The van der Waals surface area contributed by atoms with Gasteiger partial charge in [0.25, 0.3) is 0 Å². The molecule has 19 heavy (non-hydrogen) atoms.